The van der Waals surface area contributed by atoms with Crippen molar-refractivity contribution in [3.8, 4) is 16.9 Å². The number of nitrogens with zero attached hydrogens (tertiary/aromatic N) is 1. The van der Waals surface area contributed by atoms with Gasteiger partial charge in [-0.05, 0) is 59.5 Å². The van der Waals surface area contributed by atoms with Gasteiger partial charge in [0.05, 0.1) is 28.8 Å². The number of rotatable bonds is 6. The summed E-state index contributed by atoms with van der Waals surface area (Å²) in [5.41, 5.74) is 2.01. The zero-order valence-electron chi connectivity index (χ0n) is 23.7. The van der Waals surface area contributed by atoms with Crippen molar-refractivity contribution in [3.05, 3.63) is 122 Å². The van der Waals surface area contributed by atoms with Gasteiger partial charge in [-0.1, -0.05) is 48.0 Å². The molecule has 0 saturated heterocycles. The Balaban J connectivity index is 1.68. The maximum atomic E-state index is 14.1. The molecule has 0 radical (unpaired) electrons. The lowest BCUT2D eigenvalue weighted by molar-refractivity contribution is -0.123. The molecule has 0 bridgehead atoms. The summed E-state index contributed by atoms with van der Waals surface area (Å²) < 4.78 is 29.7. The van der Waals surface area contributed by atoms with E-state index in [9.17, 15) is 24.3 Å². The monoisotopic (exact) mass is 544 g/mol. The highest BCUT2D eigenvalue weighted by Crippen LogP contribution is 2.40. The van der Waals surface area contributed by atoms with Crippen molar-refractivity contribution in [3.63, 3.8) is 0 Å². The summed E-state index contributed by atoms with van der Waals surface area (Å²) in [7, 11) is -2.91. The molecule has 3 aromatic carbocycles. The minimum absolute atomic E-state index is 0.0459. The summed E-state index contributed by atoms with van der Waals surface area (Å²) in [6.07, 6.45) is 1.34. The first-order valence-corrected chi connectivity index (χ1v) is 12.4. The Morgan fingerprint density at radius 3 is 2.46 bits per heavy atom. The van der Waals surface area contributed by atoms with Crippen molar-refractivity contribution in [2.75, 3.05) is 7.04 Å². The van der Waals surface area contributed by atoms with Crippen LogP contribution in [0.2, 0.25) is 5.02 Å². The highest BCUT2D eigenvalue weighted by atomic mass is 35.5. The molecule has 0 amide bonds. The fourth-order valence-electron chi connectivity index (χ4n) is 5.16. The molecule has 196 valence electrons. The number of ketones is 2. The fourth-order valence-corrected chi connectivity index (χ4v) is 5.34. The number of fused-ring (bicyclic) bond motifs is 1. The Hall–Kier alpha value is -4.49. The molecular formula is C31H24ClNO6. The molecule has 0 aliphatic heterocycles. The number of methoxy groups -OCH3 is 1. The molecule has 1 N–H and O–H groups in total. The first-order chi connectivity index (χ1) is 19.8. The maximum Gasteiger partial charge on any atom is 0.335 e. The average Bonchev–Trinajstić information content (AvgIpc) is 2.92. The summed E-state index contributed by atoms with van der Waals surface area (Å²) in [4.78, 5) is 51.5. The van der Waals surface area contributed by atoms with Crippen LogP contribution in [0, 0.1) is 0 Å². The van der Waals surface area contributed by atoms with Crippen molar-refractivity contribution in [1.82, 2.24) is 4.57 Å². The van der Waals surface area contributed by atoms with Gasteiger partial charge in [-0.25, -0.2) is 4.79 Å². The minimum atomic E-state index is -2.91. The molecule has 4 aromatic rings. The number of hydrogen-bond acceptors (Lipinski definition) is 5. The van der Waals surface area contributed by atoms with Crippen molar-refractivity contribution in [2.45, 2.75) is 25.3 Å². The Morgan fingerprint density at radius 2 is 1.77 bits per heavy atom. The molecule has 2 atom stereocenters. The van der Waals surface area contributed by atoms with Crippen LogP contribution in [0.1, 0.15) is 60.4 Å². The quantitative estimate of drug-likeness (QED) is 0.318. The van der Waals surface area contributed by atoms with Gasteiger partial charge in [0.1, 0.15) is 11.8 Å². The molecule has 1 heterocycles. The van der Waals surface area contributed by atoms with Crippen LogP contribution >= 0.6 is 11.6 Å². The van der Waals surface area contributed by atoms with Gasteiger partial charge in [-0.15, -0.1) is 0 Å². The van der Waals surface area contributed by atoms with Crippen molar-refractivity contribution < 1.29 is 28.3 Å². The van der Waals surface area contributed by atoms with E-state index in [2.05, 4.69) is 0 Å². The highest BCUT2D eigenvalue weighted by Gasteiger charge is 2.37. The van der Waals surface area contributed by atoms with Crippen LogP contribution in [0.3, 0.4) is 0 Å². The number of aromatic carboxylic acids is 1. The maximum absolute atomic E-state index is 14.1. The topological polar surface area (TPSA) is 103 Å². The first kappa shape index (κ1) is 22.5. The number of pyridine rings is 1. The van der Waals surface area contributed by atoms with Crippen LogP contribution in [0.4, 0.5) is 0 Å². The third-order valence-corrected chi connectivity index (χ3v) is 7.26. The van der Waals surface area contributed by atoms with Crippen LogP contribution in [0.15, 0.2) is 83.8 Å². The second-order valence-electron chi connectivity index (χ2n) is 9.33. The third-order valence-electron chi connectivity index (χ3n) is 7.02. The summed E-state index contributed by atoms with van der Waals surface area (Å²) in [6, 6.07) is 17.8. The molecule has 5 rings (SSSR count). The average molecular weight is 545 g/mol. The van der Waals surface area contributed by atoms with Crippen LogP contribution < -0.4 is 10.3 Å². The van der Waals surface area contributed by atoms with E-state index >= 15 is 0 Å². The van der Waals surface area contributed by atoms with E-state index < -0.39 is 30.5 Å². The Morgan fingerprint density at radius 1 is 1.03 bits per heavy atom. The number of halogens is 1. The molecule has 0 saturated carbocycles. The number of ether oxygens (including phenoxy) is 1. The molecular weight excluding hydrogens is 518 g/mol. The standard InChI is InChI=1S/C31H24ClNO6/c1-17(34)22-12-11-21(32)14-24(22)25-15-28(35)33(16-27(25)39-2)26-13-20-5-3-4-6-23(20)29(30(26)36)18-7-9-19(10-8-18)31(37)38/h3-12,14-16,26,29H,13H2,1-2H3,(H,37,38)/t26-,29?/m1/s1/i2D3. The molecule has 7 nitrogen and oxygen atoms in total. The molecule has 0 fully saturated rings. The van der Waals surface area contributed by atoms with Gasteiger partial charge in [-0.3, -0.25) is 14.4 Å². The van der Waals surface area contributed by atoms with Gasteiger partial charge in [0.15, 0.2) is 11.6 Å². The van der Waals surface area contributed by atoms with Crippen molar-refractivity contribution >= 4 is 29.1 Å². The van der Waals surface area contributed by atoms with Crippen LogP contribution in [-0.2, 0) is 11.2 Å². The van der Waals surface area contributed by atoms with E-state index in [1.54, 1.807) is 18.2 Å². The SMILES string of the molecule is [2H]C([2H])([2H])Oc1cn([C@@H]2Cc3ccccc3C(c3ccc(C(=O)O)cc3)C2=O)c(=O)cc1-c1cc(Cl)ccc1C(C)=O. The summed E-state index contributed by atoms with van der Waals surface area (Å²) in [6.45, 7) is 1.33. The minimum Gasteiger partial charge on any atom is -0.495 e. The molecule has 1 aliphatic rings. The second-order valence-corrected chi connectivity index (χ2v) is 9.76. The number of aromatic nitrogens is 1. The van der Waals surface area contributed by atoms with E-state index in [1.807, 2.05) is 18.2 Å². The summed E-state index contributed by atoms with van der Waals surface area (Å²) in [5, 5.41) is 9.57. The van der Waals surface area contributed by atoms with Gasteiger partial charge < -0.3 is 14.4 Å². The number of benzene rings is 3. The van der Waals surface area contributed by atoms with E-state index in [0.717, 1.165) is 21.8 Å². The third kappa shape index (κ3) is 4.77. The summed E-state index contributed by atoms with van der Waals surface area (Å²) in [5.74, 6) is -2.80. The number of carboxylic acid groups (broad SMARTS) is 1. The summed E-state index contributed by atoms with van der Waals surface area (Å²) >= 11 is 6.19. The normalized spacial score (nSPS) is 17.9. The van der Waals surface area contributed by atoms with E-state index in [-0.39, 0.29) is 51.0 Å². The van der Waals surface area contributed by atoms with Crippen molar-refractivity contribution in [2.24, 2.45) is 0 Å². The zero-order valence-corrected chi connectivity index (χ0v) is 21.4. The number of carbonyl (C=O) groups is 3. The van der Waals surface area contributed by atoms with Gasteiger partial charge in [0, 0.05) is 28.6 Å². The van der Waals surface area contributed by atoms with Crippen LogP contribution in [-0.4, -0.2) is 34.2 Å². The number of carbonyl (C=O) groups excluding carboxylic acids is 2. The largest absolute Gasteiger partial charge is 0.495 e. The van der Waals surface area contributed by atoms with Gasteiger partial charge >= 0.3 is 5.97 Å². The molecule has 1 unspecified atom stereocenters. The Bertz CT molecular complexity index is 1800. The Kier molecular flexibility index (Phi) is 5.97. The van der Waals surface area contributed by atoms with Crippen molar-refractivity contribution in [1.29, 1.82) is 0 Å². The molecule has 1 aromatic heterocycles. The molecule has 8 heteroatoms. The predicted octanol–water partition coefficient (Wildman–Crippen LogP) is 5.58. The number of carboxylic acids is 1. The van der Waals surface area contributed by atoms with E-state index in [0.29, 0.717) is 5.56 Å². The highest BCUT2D eigenvalue weighted by molar-refractivity contribution is 6.31. The van der Waals surface area contributed by atoms with Crippen LogP contribution in [0.25, 0.3) is 11.1 Å². The fraction of sp³-hybridized carbons (Fsp3) is 0.161. The lowest BCUT2D eigenvalue weighted by atomic mass is 9.75. The molecule has 1 aliphatic carbocycles. The first-order valence-electron chi connectivity index (χ1n) is 13.5. The van der Waals surface area contributed by atoms with E-state index in [1.165, 1.54) is 43.5 Å². The van der Waals surface area contributed by atoms with Gasteiger partial charge in [-0.2, -0.15) is 0 Å². The molecule has 0 spiro atoms. The van der Waals surface area contributed by atoms with Crippen LogP contribution in [0.5, 0.6) is 5.75 Å². The predicted molar refractivity (Wildman–Crippen MR) is 147 cm³/mol. The van der Waals surface area contributed by atoms with E-state index in [4.69, 9.17) is 20.5 Å². The van der Waals surface area contributed by atoms with Gasteiger partial charge in [0.2, 0.25) is 0 Å². The number of Topliss-reactive ketones (excluding diaryl/α,β-unsaturated/α-hetero) is 2. The lowest BCUT2D eigenvalue weighted by Gasteiger charge is -2.32. The molecule has 39 heavy (non-hydrogen) atoms. The smallest absolute Gasteiger partial charge is 0.335 e. The zero-order chi connectivity index (χ0) is 30.3. The lowest BCUT2D eigenvalue weighted by Crippen LogP contribution is -2.37. The number of hydrogen-bond donors (Lipinski definition) is 1. The van der Waals surface area contributed by atoms with Gasteiger partial charge in [0.25, 0.3) is 5.56 Å². The Labute approximate surface area is 233 Å². The second kappa shape index (κ2) is 10.3.